The van der Waals surface area contributed by atoms with Crippen molar-refractivity contribution in [3.63, 3.8) is 0 Å². The first kappa shape index (κ1) is 32.7. The number of benzene rings is 6. The summed E-state index contributed by atoms with van der Waals surface area (Å²) in [6, 6.07) is 53.1. The molecule has 10 aromatic rings. The summed E-state index contributed by atoms with van der Waals surface area (Å²) in [5.41, 5.74) is 12.6. The highest BCUT2D eigenvalue weighted by Crippen LogP contribution is 2.48. The average Bonchev–Trinajstić information content (AvgIpc) is 3.81. The molecule has 0 unspecified atom stereocenters. The van der Waals surface area contributed by atoms with E-state index >= 15 is 0 Å². The Labute approximate surface area is 323 Å². The number of rotatable bonds is 7. The minimum Gasteiger partial charge on any atom is -0.309 e. The summed E-state index contributed by atoms with van der Waals surface area (Å²) in [7, 11) is 0. The van der Waals surface area contributed by atoms with E-state index in [2.05, 4.69) is 139 Å². The second-order valence-corrected chi connectivity index (χ2v) is 14.6. The third kappa shape index (κ3) is 5.48. The molecule has 0 aliphatic carbocycles. The zero-order valence-corrected chi connectivity index (χ0v) is 31.0. The maximum absolute atomic E-state index is 5.11. The highest BCUT2D eigenvalue weighted by Gasteiger charge is 2.24. The zero-order chi connectivity index (χ0) is 36.9. The molecule has 0 fully saturated rings. The monoisotopic (exact) mass is 722 g/mol. The molecule has 5 heteroatoms. The molecule has 0 N–H and O–H groups in total. The molecule has 0 bridgehead atoms. The SMILES string of the molecule is C=Cc1ccc2c(c1/C=C\C)c1cc(-c3ccccn3)c3sc4ccccc4c3c1n2-c1ccc(-c2nc(-c3ccccc3)cc(-c3ccccc3)n2)cc1. The van der Waals surface area contributed by atoms with Crippen LogP contribution < -0.4 is 0 Å². The highest BCUT2D eigenvalue weighted by molar-refractivity contribution is 7.26. The lowest BCUT2D eigenvalue weighted by Crippen LogP contribution is -1.98. The molecular weight excluding hydrogens is 689 g/mol. The molecule has 0 radical (unpaired) electrons. The van der Waals surface area contributed by atoms with E-state index < -0.39 is 0 Å². The predicted octanol–water partition coefficient (Wildman–Crippen LogP) is 13.7. The van der Waals surface area contributed by atoms with Gasteiger partial charge < -0.3 is 4.57 Å². The summed E-state index contributed by atoms with van der Waals surface area (Å²) < 4.78 is 4.91. The van der Waals surface area contributed by atoms with Crippen molar-refractivity contribution in [3.8, 4) is 50.8 Å². The normalized spacial score (nSPS) is 11.7. The Balaban J connectivity index is 1.25. The Kier molecular flexibility index (Phi) is 8.01. The fourth-order valence-electron chi connectivity index (χ4n) is 7.87. The van der Waals surface area contributed by atoms with Gasteiger partial charge in [-0.1, -0.05) is 116 Å². The van der Waals surface area contributed by atoms with Gasteiger partial charge in [-0.3, -0.25) is 4.98 Å². The Morgan fingerprint density at radius 3 is 1.98 bits per heavy atom. The fourth-order valence-corrected chi connectivity index (χ4v) is 9.10. The van der Waals surface area contributed by atoms with E-state index in [1.165, 1.54) is 36.5 Å². The summed E-state index contributed by atoms with van der Waals surface area (Å²) in [6.07, 6.45) is 8.17. The van der Waals surface area contributed by atoms with E-state index in [1.807, 2.05) is 66.1 Å². The van der Waals surface area contributed by atoms with Crippen LogP contribution in [0.1, 0.15) is 18.1 Å². The first-order valence-corrected chi connectivity index (χ1v) is 19.2. The van der Waals surface area contributed by atoms with Gasteiger partial charge in [0.05, 0.1) is 28.1 Å². The van der Waals surface area contributed by atoms with Crippen LogP contribution in [0.4, 0.5) is 0 Å². The largest absolute Gasteiger partial charge is 0.309 e. The molecule has 0 atom stereocenters. The molecule has 10 rings (SSSR count). The van der Waals surface area contributed by atoms with Crippen molar-refractivity contribution in [3.05, 3.63) is 182 Å². The Morgan fingerprint density at radius 2 is 1.31 bits per heavy atom. The van der Waals surface area contributed by atoms with Gasteiger partial charge in [0.15, 0.2) is 5.82 Å². The topological polar surface area (TPSA) is 43.6 Å². The molecule has 4 heterocycles. The number of allylic oxidation sites excluding steroid dienone is 1. The molecule has 4 nitrogen and oxygen atoms in total. The third-order valence-electron chi connectivity index (χ3n) is 10.4. The van der Waals surface area contributed by atoms with Crippen LogP contribution in [-0.4, -0.2) is 19.5 Å². The van der Waals surface area contributed by atoms with Crippen LogP contribution >= 0.6 is 11.3 Å². The second kappa shape index (κ2) is 13.5. The van der Waals surface area contributed by atoms with Crippen molar-refractivity contribution in [1.29, 1.82) is 0 Å². The first-order chi connectivity index (χ1) is 27.2. The molecule has 0 amide bonds. The molecule has 0 spiro atoms. The quantitative estimate of drug-likeness (QED) is 0.164. The van der Waals surface area contributed by atoms with Crippen molar-refractivity contribution in [1.82, 2.24) is 19.5 Å². The van der Waals surface area contributed by atoms with Crippen molar-refractivity contribution >= 4 is 65.5 Å². The van der Waals surface area contributed by atoms with Gasteiger partial charge in [0.2, 0.25) is 0 Å². The van der Waals surface area contributed by atoms with Crippen LogP contribution in [0.2, 0.25) is 0 Å². The lowest BCUT2D eigenvalue weighted by atomic mass is 9.97. The van der Waals surface area contributed by atoms with Crippen molar-refractivity contribution in [2.75, 3.05) is 0 Å². The number of thiophene rings is 1. The smallest absolute Gasteiger partial charge is 0.160 e. The van der Waals surface area contributed by atoms with Crippen LogP contribution in [0, 0.1) is 0 Å². The van der Waals surface area contributed by atoms with E-state index in [9.17, 15) is 0 Å². The molecule has 4 aromatic heterocycles. The maximum Gasteiger partial charge on any atom is 0.160 e. The summed E-state index contributed by atoms with van der Waals surface area (Å²) in [4.78, 5) is 15.1. The van der Waals surface area contributed by atoms with Crippen LogP contribution in [0.3, 0.4) is 0 Å². The number of fused-ring (bicyclic) bond motifs is 7. The third-order valence-corrected chi connectivity index (χ3v) is 11.6. The number of pyridine rings is 1. The van der Waals surface area contributed by atoms with Gasteiger partial charge in [-0.2, -0.15) is 0 Å². The molecule has 0 aliphatic heterocycles. The van der Waals surface area contributed by atoms with E-state index in [0.717, 1.165) is 61.7 Å². The van der Waals surface area contributed by atoms with Gasteiger partial charge in [0.25, 0.3) is 0 Å². The first-order valence-electron chi connectivity index (χ1n) is 18.4. The van der Waals surface area contributed by atoms with Crippen molar-refractivity contribution in [2.45, 2.75) is 6.92 Å². The molecular formula is C50H34N4S. The van der Waals surface area contributed by atoms with Crippen molar-refractivity contribution in [2.24, 2.45) is 0 Å². The molecule has 0 aliphatic rings. The summed E-state index contributed by atoms with van der Waals surface area (Å²) in [5, 5.41) is 4.84. The number of hydrogen-bond donors (Lipinski definition) is 0. The Hall–Kier alpha value is -6.95. The molecule has 6 aromatic carbocycles. The van der Waals surface area contributed by atoms with Gasteiger partial charge in [-0.15, -0.1) is 11.3 Å². The lowest BCUT2D eigenvalue weighted by molar-refractivity contribution is 1.17. The van der Waals surface area contributed by atoms with Gasteiger partial charge >= 0.3 is 0 Å². The van der Waals surface area contributed by atoms with Crippen LogP contribution in [0.5, 0.6) is 0 Å². The zero-order valence-electron chi connectivity index (χ0n) is 30.1. The van der Waals surface area contributed by atoms with Crippen LogP contribution in [0.25, 0.3) is 105 Å². The summed E-state index contributed by atoms with van der Waals surface area (Å²) >= 11 is 1.83. The predicted molar refractivity (Wildman–Crippen MR) is 234 cm³/mol. The highest BCUT2D eigenvalue weighted by atomic mass is 32.1. The molecule has 0 saturated carbocycles. The number of hydrogen-bond acceptors (Lipinski definition) is 4. The van der Waals surface area contributed by atoms with E-state index in [1.54, 1.807) is 0 Å². The minimum absolute atomic E-state index is 0.686. The average molecular weight is 723 g/mol. The van der Waals surface area contributed by atoms with E-state index in [0.29, 0.717) is 5.82 Å². The van der Waals surface area contributed by atoms with Gasteiger partial charge in [-0.05, 0) is 78.7 Å². The van der Waals surface area contributed by atoms with E-state index in [-0.39, 0.29) is 0 Å². The van der Waals surface area contributed by atoms with Crippen molar-refractivity contribution < 1.29 is 0 Å². The molecule has 55 heavy (non-hydrogen) atoms. The van der Waals surface area contributed by atoms with Gasteiger partial charge in [-0.25, -0.2) is 9.97 Å². The summed E-state index contributed by atoms with van der Waals surface area (Å²) in [5.74, 6) is 0.686. The van der Waals surface area contributed by atoms with Crippen LogP contribution in [0.15, 0.2) is 171 Å². The number of nitrogens with zero attached hydrogens (tertiary/aromatic N) is 4. The van der Waals surface area contributed by atoms with Gasteiger partial charge in [0, 0.05) is 65.1 Å². The van der Waals surface area contributed by atoms with E-state index in [4.69, 9.17) is 15.0 Å². The standard InChI is InChI=1S/C50H34N4S/c1-3-15-37-32(4-2)25-28-44-46(37)40-30-39(41-21-13-14-29-51-41)49-47(38-20-11-12-22-45(38)55-49)48(40)54(44)36-26-23-35(24-27-36)50-52-42(33-16-7-5-8-17-33)31-43(53-50)34-18-9-6-10-19-34/h3-31H,2H2,1H3/b15-3-. The second-order valence-electron chi connectivity index (χ2n) is 13.6. The fraction of sp³-hybridized carbons (Fsp3) is 0.0200. The maximum atomic E-state index is 5.11. The number of aromatic nitrogens is 4. The Morgan fingerprint density at radius 1 is 0.618 bits per heavy atom. The molecule has 260 valence electrons. The minimum atomic E-state index is 0.686. The molecule has 0 saturated heterocycles. The Bertz CT molecular complexity index is 3030. The van der Waals surface area contributed by atoms with Gasteiger partial charge in [0.1, 0.15) is 0 Å². The van der Waals surface area contributed by atoms with Crippen LogP contribution in [-0.2, 0) is 0 Å². The summed E-state index contributed by atoms with van der Waals surface area (Å²) in [6.45, 7) is 6.28. The lowest BCUT2D eigenvalue weighted by Gasteiger charge is -2.12.